The predicted octanol–water partition coefficient (Wildman–Crippen LogP) is 3.24. The Hall–Kier alpha value is -2.40. The van der Waals surface area contributed by atoms with Gasteiger partial charge >= 0.3 is 5.69 Å². The van der Waals surface area contributed by atoms with Gasteiger partial charge in [0, 0.05) is 12.1 Å². The Kier molecular flexibility index (Phi) is 4.43. The summed E-state index contributed by atoms with van der Waals surface area (Å²) in [6, 6.07) is 5.15. The summed E-state index contributed by atoms with van der Waals surface area (Å²) in [6.07, 6.45) is 0. The number of rotatable bonds is 4. The molecule has 0 amide bonds. The van der Waals surface area contributed by atoms with Gasteiger partial charge in [-0.2, -0.15) is 4.39 Å². The van der Waals surface area contributed by atoms with Crippen LogP contribution in [0.4, 0.5) is 15.8 Å². The van der Waals surface area contributed by atoms with Crippen LogP contribution in [0.3, 0.4) is 0 Å². The molecule has 0 N–H and O–H groups in total. The van der Waals surface area contributed by atoms with Crippen LogP contribution in [-0.4, -0.2) is 18.3 Å². The van der Waals surface area contributed by atoms with Crippen molar-refractivity contribution in [3.05, 3.63) is 66.9 Å². The highest BCUT2D eigenvalue weighted by molar-refractivity contribution is 9.10. The maximum atomic E-state index is 13.3. The number of nitro benzene ring substituents is 2. The highest BCUT2D eigenvalue weighted by Crippen LogP contribution is 2.31. The summed E-state index contributed by atoms with van der Waals surface area (Å²) in [5.74, 6) is -1.18. The Balaban J connectivity index is 2.64. The first kappa shape index (κ1) is 17.0. The van der Waals surface area contributed by atoms with Crippen molar-refractivity contribution in [1.29, 1.82) is 0 Å². The summed E-state index contributed by atoms with van der Waals surface area (Å²) in [5, 5.41) is 21.6. The van der Waals surface area contributed by atoms with E-state index in [1.807, 2.05) is 0 Å². The average molecular weight is 405 g/mol. The third-order valence-electron chi connectivity index (χ3n) is 2.85. The molecule has 0 aliphatic carbocycles. The van der Waals surface area contributed by atoms with Crippen molar-refractivity contribution in [3.8, 4) is 0 Å². The van der Waals surface area contributed by atoms with Gasteiger partial charge in [-0.3, -0.25) is 20.2 Å². The molecule has 120 valence electrons. The van der Waals surface area contributed by atoms with Gasteiger partial charge in [0.25, 0.3) is 5.69 Å². The van der Waals surface area contributed by atoms with Gasteiger partial charge in [-0.25, -0.2) is 8.42 Å². The van der Waals surface area contributed by atoms with Crippen molar-refractivity contribution >= 4 is 37.1 Å². The van der Waals surface area contributed by atoms with E-state index in [0.29, 0.717) is 12.1 Å². The third-order valence-corrected chi connectivity index (χ3v) is 5.27. The van der Waals surface area contributed by atoms with Gasteiger partial charge in [-0.15, -0.1) is 0 Å². The number of hydrogen-bond acceptors (Lipinski definition) is 6. The summed E-state index contributed by atoms with van der Waals surface area (Å²) in [7, 11) is -4.28. The lowest BCUT2D eigenvalue weighted by atomic mass is 10.3. The molecule has 0 aromatic heterocycles. The zero-order valence-corrected chi connectivity index (χ0v) is 13.4. The Labute approximate surface area is 136 Å². The Morgan fingerprint density at radius 3 is 1.91 bits per heavy atom. The molecule has 0 aliphatic rings. The molecule has 0 aliphatic heterocycles. The Morgan fingerprint density at radius 2 is 1.39 bits per heavy atom. The topological polar surface area (TPSA) is 120 Å². The van der Waals surface area contributed by atoms with Crippen LogP contribution in [0.2, 0.25) is 0 Å². The van der Waals surface area contributed by atoms with Gasteiger partial charge in [0.2, 0.25) is 15.7 Å². The number of hydrogen-bond donors (Lipinski definition) is 0. The van der Waals surface area contributed by atoms with Crippen LogP contribution in [0.25, 0.3) is 0 Å². The molecule has 0 fully saturated rings. The molecule has 2 rings (SSSR count). The second kappa shape index (κ2) is 6.01. The number of halogens is 2. The lowest BCUT2D eigenvalue weighted by molar-refractivity contribution is -0.387. The van der Waals surface area contributed by atoms with Gasteiger partial charge < -0.3 is 0 Å². The minimum atomic E-state index is -4.28. The van der Waals surface area contributed by atoms with Gasteiger partial charge in [-0.1, -0.05) is 0 Å². The van der Waals surface area contributed by atoms with Crippen molar-refractivity contribution in [2.75, 3.05) is 0 Å². The van der Waals surface area contributed by atoms with Crippen LogP contribution in [0.15, 0.2) is 50.7 Å². The molecule has 23 heavy (non-hydrogen) atoms. The summed E-state index contributed by atoms with van der Waals surface area (Å²) < 4.78 is 38.2. The zero-order valence-electron chi connectivity index (χ0n) is 11.0. The first-order chi connectivity index (χ1) is 10.6. The second-order valence-corrected chi connectivity index (χ2v) is 7.05. The van der Waals surface area contributed by atoms with Gasteiger partial charge in [0.1, 0.15) is 0 Å². The molecular formula is C12H6BrFN2O6S. The predicted molar refractivity (Wildman–Crippen MR) is 79.3 cm³/mol. The van der Waals surface area contributed by atoms with E-state index in [4.69, 9.17) is 0 Å². The van der Waals surface area contributed by atoms with Crippen LogP contribution < -0.4 is 0 Å². The first-order valence-electron chi connectivity index (χ1n) is 5.77. The maximum absolute atomic E-state index is 13.3. The minimum absolute atomic E-state index is 0.0755. The molecule has 0 saturated carbocycles. The SMILES string of the molecule is O=[N+]([O-])c1cc(S(=O)(=O)c2ccc(Br)c([N+](=O)[O-])c2)ccc1F. The normalized spacial score (nSPS) is 11.2. The standard InChI is InChI=1S/C12H6BrFN2O6S/c13-9-3-1-7(5-11(9)15(17)18)23(21,22)8-2-4-10(14)12(6-8)16(19)20/h1-6H. The van der Waals surface area contributed by atoms with Gasteiger partial charge in [0.15, 0.2) is 0 Å². The summed E-state index contributed by atoms with van der Waals surface area (Å²) >= 11 is 2.92. The lowest BCUT2D eigenvalue weighted by Gasteiger charge is -2.05. The van der Waals surface area contributed by atoms with Gasteiger partial charge in [0.05, 0.1) is 24.1 Å². The van der Waals surface area contributed by atoms with Crippen molar-refractivity contribution < 1.29 is 22.7 Å². The summed E-state index contributed by atoms with van der Waals surface area (Å²) in [6.45, 7) is 0. The van der Waals surface area contributed by atoms with Crippen molar-refractivity contribution in [2.45, 2.75) is 9.79 Å². The van der Waals surface area contributed by atoms with E-state index in [-0.39, 0.29) is 4.47 Å². The summed E-state index contributed by atoms with van der Waals surface area (Å²) in [5.41, 5.74) is -1.49. The Bertz CT molecular complexity index is 862. The molecule has 0 radical (unpaired) electrons. The molecular weight excluding hydrogens is 399 g/mol. The van der Waals surface area contributed by atoms with Crippen LogP contribution in [0.1, 0.15) is 0 Å². The van der Waals surface area contributed by atoms with Gasteiger partial charge in [-0.05, 0) is 40.2 Å². The largest absolute Gasteiger partial charge is 0.306 e. The summed E-state index contributed by atoms with van der Waals surface area (Å²) in [4.78, 5) is 18.8. The monoisotopic (exact) mass is 404 g/mol. The fourth-order valence-electron chi connectivity index (χ4n) is 1.74. The highest BCUT2D eigenvalue weighted by Gasteiger charge is 2.25. The van der Waals surface area contributed by atoms with Crippen LogP contribution in [0, 0.1) is 26.0 Å². The molecule has 0 saturated heterocycles. The number of sulfone groups is 1. The highest BCUT2D eigenvalue weighted by atomic mass is 79.9. The zero-order chi connectivity index (χ0) is 17.4. The molecule has 2 aromatic carbocycles. The minimum Gasteiger partial charge on any atom is -0.258 e. The quantitative estimate of drug-likeness (QED) is 0.438. The number of benzene rings is 2. The molecule has 0 unspecified atom stereocenters. The fourth-order valence-corrected chi connectivity index (χ4v) is 3.43. The van der Waals surface area contributed by atoms with E-state index in [1.54, 1.807) is 0 Å². The lowest BCUT2D eigenvalue weighted by Crippen LogP contribution is -2.04. The van der Waals surface area contributed by atoms with Crippen molar-refractivity contribution in [2.24, 2.45) is 0 Å². The molecule has 0 heterocycles. The molecule has 11 heteroatoms. The average Bonchev–Trinajstić information content (AvgIpc) is 2.47. The fraction of sp³-hybridized carbons (Fsp3) is 0. The smallest absolute Gasteiger partial charge is 0.258 e. The molecule has 8 nitrogen and oxygen atoms in total. The van der Waals surface area contributed by atoms with E-state index >= 15 is 0 Å². The second-order valence-electron chi connectivity index (χ2n) is 4.24. The molecule has 0 bridgehead atoms. The van der Waals surface area contributed by atoms with Crippen molar-refractivity contribution in [3.63, 3.8) is 0 Å². The maximum Gasteiger partial charge on any atom is 0.306 e. The first-order valence-corrected chi connectivity index (χ1v) is 8.05. The molecule has 0 spiro atoms. The number of nitro groups is 2. The van der Waals surface area contributed by atoms with E-state index in [2.05, 4.69) is 15.9 Å². The van der Waals surface area contributed by atoms with Crippen LogP contribution in [-0.2, 0) is 9.84 Å². The molecule has 2 aromatic rings. The van der Waals surface area contributed by atoms with E-state index in [1.165, 1.54) is 6.07 Å². The Morgan fingerprint density at radius 1 is 0.913 bits per heavy atom. The van der Waals surface area contributed by atoms with E-state index in [0.717, 1.165) is 18.2 Å². The van der Waals surface area contributed by atoms with E-state index < -0.39 is 46.7 Å². The van der Waals surface area contributed by atoms with Crippen molar-refractivity contribution in [1.82, 2.24) is 0 Å². The third kappa shape index (κ3) is 3.19. The van der Waals surface area contributed by atoms with Crippen LogP contribution >= 0.6 is 15.9 Å². The molecule has 0 atom stereocenters. The van der Waals surface area contributed by atoms with Crippen LogP contribution in [0.5, 0.6) is 0 Å². The van der Waals surface area contributed by atoms with E-state index in [9.17, 15) is 33.0 Å². The number of nitrogens with zero attached hydrogens (tertiary/aromatic N) is 2.